The van der Waals surface area contributed by atoms with E-state index in [4.69, 9.17) is 10.5 Å². The van der Waals surface area contributed by atoms with Gasteiger partial charge in [-0.1, -0.05) is 79.7 Å². The Labute approximate surface area is 282 Å². The number of ketones is 1. The Balaban J connectivity index is 1.29. The molecule has 0 spiro atoms. The highest BCUT2D eigenvalue weighted by molar-refractivity contribution is 6.38. The van der Waals surface area contributed by atoms with Crippen LogP contribution in [0.15, 0.2) is 24.3 Å². The van der Waals surface area contributed by atoms with Gasteiger partial charge in [-0.25, -0.2) is 9.59 Å². The Morgan fingerprint density at radius 3 is 1.92 bits per heavy atom. The molecule has 2 saturated carbocycles. The first-order chi connectivity index (χ1) is 22.2. The Morgan fingerprint density at radius 2 is 1.42 bits per heavy atom. The molecule has 12 nitrogen and oxygen atoms in total. The first-order valence-corrected chi connectivity index (χ1v) is 17.0. The molecule has 5 N–H and O–H groups in total. The molecule has 1 heterocycles. The monoisotopic (exact) mass is 665 g/mol. The van der Waals surface area contributed by atoms with Gasteiger partial charge in [0.15, 0.2) is 0 Å². The van der Waals surface area contributed by atoms with Crippen molar-refractivity contribution >= 4 is 35.5 Å². The number of amides is 5. The van der Waals surface area contributed by atoms with Gasteiger partial charge in [-0.2, -0.15) is 0 Å². The molecule has 5 rings (SSSR count). The highest BCUT2D eigenvalue weighted by atomic mass is 16.5. The summed E-state index contributed by atoms with van der Waals surface area (Å²) in [5.41, 5.74) is 5.87. The molecule has 48 heavy (non-hydrogen) atoms. The molecule has 0 bridgehead atoms. The number of urea groups is 1. The summed E-state index contributed by atoms with van der Waals surface area (Å²) in [6.07, 6.45) is 2.26. The van der Waals surface area contributed by atoms with Crippen LogP contribution in [0.3, 0.4) is 0 Å². The first kappa shape index (κ1) is 35.3. The lowest BCUT2D eigenvalue weighted by atomic mass is 9.85. The molecule has 0 aromatic heterocycles. The van der Waals surface area contributed by atoms with Crippen LogP contribution in [-0.4, -0.2) is 77.2 Å². The molecule has 1 aromatic rings. The average molecular weight is 666 g/mol. The molecule has 3 fully saturated rings. The summed E-state index contributed by atoms with van der Waals surface area (Å²) in [6.45, 7) is 15.3. The Hall–Kier alpha value is -3.96. The van der Waals surface area contributed by atoms with E-state index in [-0.39, 0.29) is 29.3 Å². The number of esters is 1. The maximum atomic E-state index is 14.3. The molecule has 3 aliphatic carbocycles. The lowest BCUT2D eigenvalue weighted by Gasteiger charge is -2.38. The second kappa shape index (κ2) is 12.5. The van der Waals surface area contributed by atoms with Crippen LogP contribution in [0.25, 0.3) is 0 Å². The highest BCUT2D eigenvalue weighted by Crippen LogP contribution is 2.65. The molecule has 1 aromatic carbocycles. The predicted octanol–water partition coefficient (Wildman–Crippen LogP) is 2.26. The van der Waals surface area contributed by atoms with E-state index < -0.39 is 70.5 Å². The zero-order chi connectivity index (χ0) is 35.5. The maximum Gasteiger partial charge on any atom is 0.329 e. The van der Waals surface area contributed by atoms with Gasteiger partial charge in [-0.15, -0.1) is 0 Å². The average Bonchev–Trinajstić information content (AvgIpc) is 3.77. The van der Waals surface area contributed by atoms with Gasteiger partial charge < -0.3 is 31.3 Å². The third-order valence-electron chi connectivity index (χ3n) is 10.7. The fraction of sp³-hybridized carbons (Fsp3) is 0.667. The van der Waals surface area contributed by atoms with Crippen LogP contribution in [0.2, 0.25) is 0 Å². The Bertz CT molecular complexity index is 1480. The normalized spacial score (nSPS) is 24.8. The molecule has 4 aliphatic rings. The molecule has 0 radical (unpaired) electrons. The molecule has 1 saturated heterocycles. The molecule has 12 heteroatoms. The molecular weight excluding hydrogens is 614 g/mol. The van der Waals surface area contributed by atoms with Crippen LogP contribution in [0, 0.1) is 34.0 Å². The number of Topliss-reactive ketones (excluding diaryl/α,β-unsaturated/α-hetero) is 1. The number of hydrogen-bond acceptors (Lipinski definition) is 7. The topological polar surface area (TPSA) is 177 Å². The van der Waals surface area contributed by atoms with Gasteiger partial charge in [0, 0.05) is 19.4 Å². The van der Waals surface area contributed by atoms with Gasteiger partial charge in [-0.3, -0.25) is 19.2 Å². The number of nitrogens with two attached hydrogens (primary N) is 1. The van der Waals surface area contributed by atoms with Gasteiger partial charge in [0.1, 0.15) is 30.3 Å². The summed E-state index contributed by atoms with van der Waals surface area (Å²) in [5, 5.41) is 8.35. The van der Waals surface area contributed by atoms with Crippen LogP contribution in [0.4, 0.5) is 4.79 Å². The van der Waals surface area contributed by atoms with Gasteiger partial charge in [0.2, 0.25) is 17.6 Å². The number of rotatable bonds is 10. The molecule has 6 atom stereocenters. The number of likely N-dealkylation sites (tertiary alicyclic amines) is 1. The largest absolute Gasteiger partial charge is 0.460 e. The maximum absolute atomic E-state index is 14.3. The summed E-state index contributed by atoms with van der Waals surface area (Å²) in [4.78, 5) is 81.0. The lowest BCUT2D eigenvalue weighted by molar-refractivity contribution is -0.153. The van der Waals surface area contributed by atoms with Crippen LogP contribution in [0.1, 0.15) is 79.4 Å². The van der Waals surface area contributed by atoms with Crippen molar-refractivity contribution < 1.29 is 33.5 Å². The van der Waals surface area contributed by atoms with Crippen molar-refractivity contribution in [2.45, 2.75) is 111 Å². The van der Waals surface area contributed by atoms with E-state index in [1.54, 1.807) is 0 Å². The first-order valence-electron chi connectivity index (χ1n) is 17.0. The number of nitrogens with zero attached hydrogens (tertiary/aromatic N) is 1. The number of fused-ring (bicyclic) bond motifs is 2. The number of hydrogen-bond donors (Lipinski definition) is 4. The highest BCUT2D eigenvalue weighted by Gasteiger charge is 2.70. The fourth-order valence-corrected chi connectivity index (χ4v) is 7.61. The summed E-state index contributed by atoms with van der Waals surface area (Å²) < 4.78 is 5.89. The Morgan fingerprint density at radius 1 is 0.875 bits per heavy atom. The van der Waals surface area contributed by atoms with Crippen LogP contribution >= 0.6 is 0 Å². The number of ether oxygens (including phenoxy) is 1. The predicted molar refractivity (Wildman–Crippen MR) is 177 cm³/mol. The van der Waals surface area contributed by atoms with Gasteiger partial charge >= 0.3 is 12.0 Å². The number of carbonyl (C=O) groups is 6. The zero-order valence-corrected chi connectivity index (χ0v) is 29.3. The summed E-state index contributed by atoms with van der Waals surface area (Å²) in [7, 11) is 0. The number of piperidine rings is 1. The third-order valence-corrected chi connectivity index (χ3v) is 10.7. The van der Waals surface area contributed by atoms with Crippen molar-refractivity contribution in [2.24, 2.45) is 39.7 Å². The van der Waals surface area contributed by atoms with E-state index in [0.717, 1.165) is 11.1 Å². The standard InChI is InChI=1S/C36H51N5O7/c1-34(2,3)27(39-33(47)40-28(35(4,5)6)32(46)48-21-15-19-11-9-10-12-20(19)16-21)31(45)41-17-22-23(36(22,7)8)25(41)30(44)38-24(18-13-14-18)26(42)29(37)43/h9-12,18,21-25,27-28H,13-17H2,1-8H3,(H2,37,43)(H,38,44)(H2,39,40,47)/t22-,23-,24?,25-,27-,28-/m0/s1. The van der Waals surface area contributed by atoms with E-state index in [2.05, 4.69) is 16.0 Å². The smallest absolute Gasteiger partial charge is 0.329 e. The number of nitrogens with one attached hydrogen (secondary N) is 3. The van der Waals surface area contributed by atoms with Crippen LogP contribution < -0.4 is 21.7 Å². The van der Waals surface area contributed by atoms with Crippen LogP contribution in [-0.2, 0) is 41.6 Å². The minimum Gasteiger partial charge on any atom is -0.460 e. The quantitative estimate of drug-likeness (QED) is 0.219. The molecule has 262 valence electrons. The van der Waals surface area contributed by atoms with Crippen molar-refractivity contribution in [3.05, 3.63) is 35.4 Å². The molecule has 1 aliphatic heterocycles. The van der Waals surface area contributed by atoms with Crippen molar-refractivity contribution in [1.82, 2.24) is 20.9 Å². The Kier molecular flexibility index (Phi) is 9.20. The van der Waals surface area contributed by atoms with E-state index in [1.165, 1.54) is 4.90 Å². The molecule has 5 amide bonds. The number of carbonyl (C=O) groups excluding carboxylic acids is 6. The summed E-state index contributed by atoms with van der Waals surface area (Å²) >= 11 is 0. The van der Waals surface area contributed by atoms with Crippen molar-refractivity contribution in [2.75, 3.05) is 6.54 Å². The summed E-state index contributed by atoms with van der Waals surface area (Å²) in [6, 6.07) is 3.27. The van der Waals surface area contributed by atoms with Gasteiger partial charge in [-0.05, 0) is 58.0 Å². The van der Waals surface area contributed by atoms with Gasteiger partial charge in [0.05, 0.1) is 0 Å². The number of benzene rings is 1. The third kappa shape index (κ3) is 7.08. The second-order valence-corrected chi connectivity index (χ2v) is 16.9. The SMILES string of the molecule is CC(C)(C)[C@@H](NC(=O)N[C@@H](C(=O)N1C[C@H]2[C@@H]([C@H]1C(=O)NC(C(=O)C(N)=O)C1CC1)C2(C)C)C(C)(C)C)C(=O)OC1Cc2ccccc2C1. The van der Waals surface area contributed by atoms with Crippen molar-refractivity contribution in [3.63, 3.8) is 0 Å². The minimum atomic E-state index is -1.11. The summed E-state index contributed by atoms with van der Waals surface area (Å²) in [5.74, 6) is -3.71. The van der Waals surface area contributed by atoms with E-state index in [9.17, 15) is 28.8 Å². The lowest BCUT2D eigenvalue weighted by Crippen LogP contribution is -2.63. The van der Waals surface area contributed by atoms with E-state index in [0.29, 0.717) is 32.2 Å². The van der Waals surface area contributed by atoms with Crippen LogP contribution in [0.5, 0.6) is 0 Å². The molecule has 1 unspecified atom stereocenters. The van der Waals surface area contributed by atoms with Crippen molar-refractivity contribution in [1.29, 1.82) is 0 Å². The second-order valence-electron chi connectivity index (χ2n) is 16.9. The minimum absolute atomic E-state index is 0.0552. The molecular formula is C36H51N5O7. The fourth-order valence-electron chi connectivity index (χ4n) is 7.61. The van der Waals surface area contributed by atoms with Crippen molar-refractivity contribution in [3.8, 4) is 0 Å². The van der Waals surface area contributed by atoms with E-state index in [1.807, 2.05) is 79.7 Å². The number of primary amides is 1. The van der Waals surface area contributed by atoms with Gasteiger partial charge in [0.25, 0.3) is 5.91 Å². The zero-order valence-electron chi connectivity index (χ0n) is 29.3. The van der Waals surface area contributed by atoms with E-state index >= 15 is 0 Å².